The quantitative estimate of drug-likeness (QED) is 0.593. The molecule has 1 unspecified atom stereocenters. The molecule has 0 aliphatic carbocycles. The maximum atomic E-state index is 13.8. The molecule has 0 amide bonds. The Balaban J connectivity index is 1.54. The summed E-state index contributed by atoms with van der Waals surface area (Å²) in [4.78, 5) is 4.03. The average molecular weight is 348 g/mol. The molecular weight excluding hydrogens is 331 g/mol. The van der Waals surface area contributed by atoms with Gasteiger partial charge in [-0.1, -0.05) is 23.5 Å². The zero-order valence-electron chi connectivity index (χ0n) is 12.7. The fraction of sp³-hybridized carbons (Fsp3) is 0.312. The van der Waals surface area contributed by atoms with Gasteiger partial charge in [-0.3, -0.25) is 0 Å². The van der Waals surface area contributed by atoms with Crippen molar-refractivity contribution in [3.63, 3.8) is 0 Å². The van der Waals surface area contributed by atoms with E-state index in [1.54, 1.807) is 18.3 Å². The average Bonchev–Trinajstić information content (AvgIpc) is 3.23. The molecule has 3 aromatic rings. The Hall–Kier alpha value is -1.73. The van der Waals surface area contributed by atoms with Gasteiger partial charge >= 0.3 is 0 Å². The van der Waals surface area contributed by atoms with E-state index in [2.05, 4.69) is 26.7 Å². The van der Waals surface area contributed by atoms with Crippen LogP contribution in [0.25, 0.3) is 10.6 Å². The van der Waals surface area contributed by atoms with Gasteiger partial charge in [0.1, 0.15) is 10.8 Å². The summed E-state index contributed by atoms with van der Waals surface area (Å²) in [6, 6.07) is 6.68. The summed E-state index contributed by atoms with van der Waals surface area (Å²) in [5, 5.41) is 10.2. The molecule has 120 valence electrons. The lowest BCUT2D eigenvalue weighted by Gasteiger charge is -2.07. The number of imidazole rings is 1. The zero-order chi connectivity index (χ0) is 16.1. The minimum absolute atomic E-state index is 0.254. The van der Waals surface area contributed by atoms with E-state index >= 15 is 0 Å². The van der Waals surface area contributed by atoms with E-state index in [-0.39, 0.29) is 11.1 Å². The summed E-state index contributed by atoms with van der Waals surface area (Å²) in [6.45, 7) is 3.09. The molecule has 2 heterocycles. The third-order valence-electron chi connectivity index (χ3n) is 3.38. The van der Waals surface area contributed by atoms with Gasteiger partial charge in [0.2, 0.25) is 0 Å². The van der Waals surface area contributed by atoms with Crippen LogP contribution < -0.4 is 0 Å². The molecule has 0 saturated carbocycles. The van der Waals surface area contributed by atoms with Crippen LogP contribution in [0.4, 0.5) is 4.39 Å². The molecule has 3 rings (SSSR count). The molecule has 0 saturated heterocycles. The highest BCUT2D eigenvalue weighted by atomic mass is 32.2. The van der Waals surface area contributed by atoms with Crippen molar-refractivity contribution in [3.05, 3.63) is 53.8 Å². The van der Waals surface area contributed by atoms with Crippen LogP contribution in [0, 0.1) is 5.82 Å². The molecule has 0 aliphatic rings. The molecule has 4 nitrogen and oxygen atoms in total. The van der Waals surface area contributed by atoms with Gasteiger partial charge in [-0.15, -0.1) is 10.2 Å². The monoisotopic (exact) mass is 348 g/mol. The lowest BCUT2D eigenvalue weighted by Crippen LogP contribution is -1.97. The third-order valence-corrected chi connectivity index (χ3v) is 5.92. The molecule has 0 aliphatic heterocycles. The maximum Gasteiger partial charge on any atom is 0.150 e. The minimum Gasteiger partial charge on any atom is -0.337 e. The second-order valence-corrected chi connectivity index (χ2v) is 7.55. The van der Waals surface area contributed by atoms with E-state index in [0.29, 0.717) is 10.6 Å². The molecule has 1 aromatic carbocycles. The van der Waals surface area contributed by atoms with E-state index in [0.717, 1.165) is 23.7 Å². The number of nitrogens with zero attached hydrogens (tertiary/aromatic N) is 4. The molecular formula is C16H17FN4S2. The summed E-state index contributed by atoms with van der Waals surface area (Å²) >= 11 is 3.31. The SMILES string of the molecule is CC(SCCCn1ccnc1)c1nnc(-c2ccccc2F)s1. The Labute approximate surface area is 142 Å². The molecule has 0 spiro atoms. The van der Waals surface area contributed by atoms with Crippen molar-refractivity contribution in [1.82, 2.24) is 19.7 Å². The number of thioether (sulfide) groups is 1. The van der Waals surface area contributed by atoms with Crippen molar-refractivity contribution in [2.45, 2.75) is 25.1 Å². The first-order valence-corrected chi connectivity index (χ1v) is 9.26. The van der Waals surface area contributed by atoms with Crippen LogP contribution in [-0.4, -0.2) is 25.5 Å². The third kappa shape index (κ3) is 4.17. The van der Waals surface area contributed by atoms with E-state index in [4.69, 9.17) is 0 Å². The van der Waals surface area contributed by atoms with Crippen LogP contribution in [0.5, 0.6) is 0 Å². The lowest BCUT2D eigenvalue weighted by molar-refractivity contribution is 0.631. The minimum atomic E-state index is -0.254. The molecule has 0 N–H and O–H groups in total. The maximum absolute atomic E-state index is 13.8. The predicted octanol–water partition coefficient (Wildman–Crippen LogP) is 4.43. The van der Waals surface area contributed by atoms with E-state index < -0.39 is 0 Å². The van der Waals surface area contributed by atoms with Crippen LogP contribution in [-0.2, 0) is 6.54 Å². The Morgan fingerprint density at radius 3 is 2.96 bits per heavy atom. The number of hydrogen-bond acceptors (Lipinski definition) is 5. The zero-order valence-corrected chi connectivity index (χ0v) is 14.4. The predicted molar refractivity (Wildman–Crippen MR) is 93.0 cm³/mol. The first kappa shape index (κ1) is 16.1. The number of halogens is 1. The molecule has 2 aromatic heterocycles. The van der Waals surface area contributed by atoms with Gasteiger partial charge in [0, 0.05) is 24.5 Å². The summed E-state index contributed by atoms with van der Waals surface area (Å²) in [6.07, 6.45) is 6.67. The van der Waals surface area contributed by atoms with Gasteiger partial charge in [-0.05, 0) is 31.2 Å². The first-order valence-electron chi connectivity index (χ1n) is 7.39. The topological polar surface area (TPSA) is 43.6 Å². The molecule has 23 heavy (non-hydrogen) atoms. The molecule has 0 fully saturated rings. The van der Waals surface area contributed by atoms with Gasteiger partial charge in [0.05, 0.1) is 11.6 Å². The normalized spacial score (nSPS) is 12.4. The van der Waals surface area contributed by atoms with Gasteiger partial charge in [-0.25, -0.2) is 9.37 Å². The van der Waals surface area contributed by atoms with Crippen molar-refractivity contribution in [2.75, 3.05) is 5.75 Å². The molecule has 1 atom stereocenters. The van der Waals surface area contributed by atoms with Crippen LogP contribution in [0.1, 0.15) is 23.6 Å². The van der Waals surface area contributed by atoms with Crippen LogP contribution in [0.2, 0.25) is 0 Å². The van der Waals surface area contributed by atoms with Gasteiger partial charge in [0.25, 0.3) is 0 Å². The van der Waals surface area contributed by atoms with E-state index in [1.807, 2.05) is 30.4 Å². The van der Waals surface area contributed by atoms with Crippen LogP contribution in [0.3, 0.4) is 0 Å². The van der Waals surface area contributed by atoms with Crippen LogP contribution in [0.15, 0.2) is 43.0 Å². The standard InChI is InChI=1S/C16H17FN4S2/c1-12(22-10-4-8-21-9-7-18-11-21)15-19-20-16(23-15)13-5-2-3-6-14(13)17/h2-3,5-7,9,11-12H,4,8,10H2,1H3. The highest BCUT2D eigenvalue weighted by Gasteiger charge is 2.15. The lowest BCUT2D eigenvalue weighted by atomic mass is 10.2. The summed E-state index contributed by atoms with van der Waals surface area (Å²) in [7, 11) is 0. The summed E-state index contributed by atoms with van der Waals surface area (Å²) in [5.41, 5.74) is 0.522. The fourth-order valence-corrected chi connectivity index (χ4v) is 4.13. The molecule has 0 bridgehead atoms. The molecule has 0 radical (unpaired) electrons. The van der Waals surface area contributed by atoms with Gasteiger partial charge in [0.15, 0.2) is 5.01 Å². The Morgan fingerprint density at radius 2 is 2.17 bits per heavy atom. The van der Waals surface area contributed by atoms with Crippen molar-refractivity contribution in [2.24, 2.45) is 0 Å². The summed E-state index contributed by atoms with van der Waals surface area (Å²) in [5.74, 6) is 0.782. The van der Waals surface area contributed by atoms with Crippen molar-refractivity contribution in [1.29, 1.82) is 0 Å². The summed E-state index contributed by atoms with van der Waals surface area (Å²) < 4.78 is 15.9. The largest absolute Gasteiger partial charge is 0.337 e. The number of aryl methyl sites for hydroxylation is 1. The van der Waals surface area contributed by atoms with E-state index in [1.165, 1.54) is 17.4 Å². The fourth-order valence-electron chi connectivity index (χ4n) is 2.14. The first-order chi connectivity index (χ1) is 11.2. The van der Waals surface area contributed by atoms with Gasteiger partial charge < -0.3 is 4.57 Å². The van der Waals surface area contributed by atoms with Gasteiger partial charge in [-0.2, -0.15) is 11.8 Å². The Morgan fingerprint density at radius 1 is 1.30 bits per heavy atom. The smallest absolute Gasteiger partial charge is 0.150 e. The van der Waals surface area contributed by atoms with Crippen molar-refractivity contribution < 1.29 is 4.39 Å². The number of aromatic nitrogens is 4. The number of hydrogen-bond donors (Lipinski definition) is 0. The van der Waals surface area contributed by atoms with Crippen LogP contribution >= 0.6 is 23.1 Å². The van der Waals surface area contributed by atoms with E-state index in [9.17, 15) is 4.39 Å². The Bertz CT molecular complexity index is 742. The highest BCUT2D eigenvalue weighted by molar-refractivity contribution is 7.99. The second kappa shape index (κ2) is 7.70. The highest BCUT2D eigenvalue weighted by Crippen LogP contribution is 2.34. The Kier molecular flexibility index (Phi) is 5.40. The van der Waals surface area contributed by atoms with Crippen molar-refractivity contribution >= 4 is 23.1 Å². The van der Waals surface area contributed by atoms with Crippen molar-refractivity contribution in [3.8, 4) is 10.6 Å². The number of rotatable bonds is 7. The number of benzene rings is 1. The molecule has 7 heteroatoms. The second-order valence-electron chi connectivity index (χ2n) is 5.09.